The van der Waals surface area contributed by atoms with Crippen LogP contribution in [-0.2, 0) is 4.74 Å². The largest absolute Gasteiger partial charge is 0.396 e. The van der Waals surface area contributed by atoms with Gasteiger partial charge >= 0.3 is 0 Å². The van der Waals surface area contributed by atoms with Gasteiger partial charge in [-0.1, -0.05) is 6.92 Å². The van der Waals surface area contributed by atoms with E-state index in [1.54, 1.807) is 17.2 Å². The molecular formula is C11H18FN3O2. The van der Waals surface area contributed by atoms with Gasteiger partial charge in [0.2, 0.25) is 0 Å². The molecule has 2 heterocycles. The molecule has 2 rings (SSSR count). The number of alkyl halides is 1. The van der Waals surface area contributed by atoms with Crippen molar-refractivity contribution in [2.45, 2.75) is 31.8 Å². The second kappa shape index (κ2) is 5.01. The highest BCUT2D eigenvalue weighted by Crippen LogP contribution is 2.33. The Bertz CT molecular complexity index is 335. The lowest BCUT2D eigenvalue weighted by Gasteiger charge is -2.28. The van der Waals surface area contributed by atoms with Crippen LogP contribution in [0.2, 0.25) is 0 Å². The van der Waals surface area contributed by atoms with Gasteiger partial charge in [0.1, 0.15) is 12.5 Å². The molecule has 0 aromatic carbocycles. The Balaban J connectivity index is 2.06. The van der Waals surface area contributed by atoms with Crippen molar-refractivity contribution in [3.8, 4) is 0 Å². The van der Waals surface area contributed by atoms with E-state index in [1.165, 1.54) is 0 Å². The maximum Gasteiger partial charge on any atom is 0.163 e. The molecule has 2 aliphatic heterocycles. The van der Waals surface area contributed by atoms with Crippen molar-refractivity contribution in [1.29, 1.82) is 0 Å². The van der Waals surface area contributed by atoms with Crippen molar-refractivity contribution >= 4 is 5.84 Å². The standard InChI is InChI=1S/C11H18FN3O2/c1-2-8-7(5-16)10(12)11(17-8)15-4-3-9(13)14-6-15/h3-4,7-8,10-11,16H,2,5-6H2,1H3,(H2,13,14)/t7-,8-,10+,11-/m0/s1. The van der Waals surface area contributed by atoms with Crippen molar-refractivity contribution in [3.63, 3.8) is 0 Å². The van der Waals surface area contributed by atoms with Crippen LogP contribution in [0, 0.1) is 5.92 Å². The Hall–Kier alpha value is -1.14. The lowest BCUT2D eigenvalue weighted by atomic mass is 9.98. The monoisotopic (exact) mass is 243 g/mol. The summed E-state index contributed by atoms with van der Waals surface area (Å²) in [5.74, 6) is -0.0259. The second-order valence-electron chi connectivity index (χ2n) is 4.32. The van der Waals surface area contributed by atoms with Crippen LogP contribution in [0.1, 0.15) is 13.3 Å². The highest BCUT2D eigenvalue weighted by molar-refractivity contribution is 5.91. The van der Waals surface area contributed by atoms with E-state index in [-0.39, 0.29) is 12.7 Å². The molecule has 1 fully saturated rings. The fraction of sp³-hybridized carbons (Fsp3) is 0.727. The number of nitrogens with zero attached hydrogens (tertiary/aromatic N) is 2. The van der Waals surface area contributed by atoms with Crippen LogP contribution in [-0.4, -0.2) is 47.6 Å². The maximum atomic E-state index is 14.1. The molecule has 6 heteroatoms. The molecule has 1 saturated heterocycles. The zero-order valence-electron chi connectivity index (χ0n) is 9.79. The van der Waals surface area contributed by atoms with E-state index < -0.39 is 18.3 Å². The average molecular weight is 243 g/mol. The average Bonchev–Trinajstić information content (AvgIpc) is 2.66. The summed E-state index contributed by atoms with van der Waals surface area (Å²) < 4.78 is 19.8. The minimum atomic E-state index is -1.20. The molecule has 0 aliphatic carbocycles. The van der Waals surface area contributed by atoms with E-state index >= 15 is 0 Å². The summed E-state index contributed by atoms with van der Waals surface area (Å²) in [7, 11) is 0. The van der Waals surface area contributed by atoms with Crippen molar-refractivity contribution in [3.05, 3.63) is 12.3 Å². The Morgan fingerprint density at radius 3 is 2.94 bits per heavy atom. The quantitative estimate of drug-likeness (QED) is 0.743. The number of hydrogen-bond acceptors (Lipinski definition) is 5. The molecule has 17 heavy (non-hydrogen) atoms. The molecule has 0 amide bonds. The number of nitrogens with two attached hydrogens (primary N) is 1. The topological polar surface area (TPSA) is 71.1 Å². The lowest BCUT2D eigenvalue weighted by Crippen LogP contribution is -2.40. The highest BCUT2D eigenvalue weighted by atomic mass is 19.1. The summed E-state index contributed by atoms with van der Waals surface area (Å²) in [6.45, 7) is 2.02. The SMILES string of the molecule is CC[C@@H]1O[C@H](N2C=CC(N)=NC2)[C@H](F)[C@H]1CO. The van der Waals surface area contributed by atoms with Gasteiger partial charge in [-0.05, 0) is 12.5 Å². The number of aliphatic hydroxyl groups is 1. The molecule has 0 aromatic rings. The Kier molecular flexibility index (Phi) is 3.63. The second-order valence-corrected chi connectivity index (χ2v) is 4.32. The molecule has 0 spiro atoms. The summed E-state index contributed by atoms with van der Waals surface area (Å²) in [4.78, 5) is 5.68. The zero-order valence-corrected chi connectivity index (χ0v) is 9.79. The minimum absolute atomic E-state index is 0.195. The van der Waals surface area contributed by atoms with Gasteiger partial charge in [0.25, 0.3) is 0 Å². The first-order valence-corrected chi connectivity index (χ1v) is 5.81. The van der Waals surface area contributed by atoms with Gasteiger partial charge in [0.15, 0.2) is 12.4 Å². The molecule has 96 valence electrons. The van der Waals surface area contributed by atoms with Crippen molar-refractivity contribution < 1.29 is 14.2 Å². The number of aliphatic hydroxyl groups excluding tert-OH is 1. The van der Waals surface area contributed by atoms with Crippen molar-refractivity contribution in [2.75, 3.05) is 13.3 Å². The van der Waals surface area contributed by atoms with Crippen LogP contribution < -0.4 is 5.73 Å². The number of amidine groups is 1. The Morgan fingerprint density at radius 2 is 2.47 bits per heavy atom. The highest BCUT2D eigenvalue weighted by Gasteiger charge is 2.46. The molecule has 0 radical (unpaired) electrons. The fourth-order valence-corrected chi connectivity index (χ4v) is 2.25. The van der Waals surface area contributed by atoms with Gasteiger partial charge in [-0.2, -0.15) is 0 Å². The van der Waals surface area contributed by atoms with Gasteiger partial charge in [0.05, 0.1) is 12.7 Å². The van der Waals surface area contributed by atoms with Crippen LogP contribution in [0.25, 0.3) is 0 Å². The van der Waals surface area contributed by atoms with Gasteiger partial charge in [-0.25, -0.2) is 9.38 Å². The number of aliphatic imine (C=N–C) groups is 1. The van der Waals surface area contributed by atoms with Gasteiger partial charge in [-0.3, -0.25) is 0 Å². The minimum Gasteiger partial charge on any atom is -0.396 e. The molecule has 0 aromatic heterocycles. The number of halogens is 1. The van der Waals surface area contributed by atoms with Gasteiger partial charge in [0, 0.05) is 12.1 Å². The van der Waals surface area contributed by atoms with E-state index in [4.69, 9.17) is 10.5 Å². The van der Waals surface area contributed by atoms with Crippen molar-refractivity contribution in [2.24, 2.45) is 16.6 Å². The summed E-state index contributed by atoms with van der Waals surface area (Å²) in [6, 6.07) is 0. The first kappa shape index (κ1) is 12.3. The third-order valence-electron chi connectivity index (χ3n) is 3.27. The maximum absolute atomic E-state index is 14.1. The van der Waals surface area contributed by atoms with Gasteiger partial charge in [-0.15, -0.1) is 0 Å². The number of hydrogen-bond donors (Lipinski definition) is 2. The van der Waals surface area contributed by atoms with Crippen LogP contribution in [0.15, 0.2) is 17.3 Å². The predicted octanol–water partition coefficient (Wildman–Crippen LogP) is 0.212. The molecule has 5 nitrogen and oxygen atoms in total. The molecule has 0 bridgehead atoms. The Labute approximate surface area is 99.8 Å². The molecular weight excluding hydrogens is 225 g/mol. The first-order valence-electron chi connectivity index (χ1n) is 5.81. The van der Waals surface area contributed by atoms with E-state index in [9.17, 15) is 9.50 Å². The lowest BCUT2D eigenvalue weighted by molar-refractivity contribution is -0.0543. The molecule has 3 N–H and O–H groups in total. The van der Waals surface area contributed by atoms with Crippen LogP contribution >= 0.6 is 0 Å². The predicted molar refractivity (Wildman–Crippen MR) is 61.9 cm³/mol. The Morgan fingerprint density at radius 1 is 1.71 bits per heavy atom. The normalized spacial score (nSPS) is 37.4. The van der Waals surface area contributed by atoms with Crippen molar-refractivity contribution in [1.82, 2.24) is 4.90 Å². The van der Waals surface area contributed by atoms with Gasteiger partial charge < -0.3 is 20.5 Å². The van der Waals surface area contributed by atoms with Crippen LogP contribution in [0.3, 0.4) is 0 Å². The van der Waals surface area contributed by atoms with E-state index in [2.05, 4.69) is 4.99 Å². The van der Waals surface area contributed by atoms with Crippen LogP contribution in [0.5, 0.6) is 0 Å². The van der Waals surface area contributed by atoms with E-state index in [0.717, 1.165) is 0 Å². The summed E-state index contributed by atoms with van der Waals surface area (Å²) >= 11 is 0. The molecule has 4 atom stereocenters. The summed E-state index contributed by atoms with van der Waals surface area (Å²) in [6.07, 6.45) is 1.87. The number of rotatable bonds is 3. The van der Waals surface area contributed by atoms with E-state index in [1.807, 2.05) is 6.92 Å². The van der Waals surface area contributed by atoms with E-state index in [0.29, 0.717) is 18.9 Å². The third-order valence-corrected chi connectivity index (χ3v) is 3.27. The fourth-order valence-electron chi connectivity index (χ4n) is 2.25. The smallest absolute Gasteiger partial charge is 0.163 e. The first-order chi connectivity index (χ1) is 8.17. The molecule has 0 saturated carbocycles. The number of ether oxygens (including phenoxy) is 1. The third kappa shape index (κ3) is 2.28. The summed E-state index contributed by atoms with van der Waals surface area (Å²) in [5, 5.41) is 9.19. The zero-order chi connectivity index (χ0) is 12.4. The van der Waals surface area contributed by atoms with Crippen LogP contribution in [0.4, 0.5) is 4.39 Å². The molecule has 2 aliphatic rings. The molecule has 0 unspecified atom stereocenters. The summed E-state index contributed by atoms with van der Waals surface area (Å²) in [5.41, 5.74) is 5.50.